The smallest absolute Gasteiger partial charge is 0.321 e. The minimum absolute atomic E-state index is 0.0565. The highest BCUT2D eigenvalue weighted by Gasteiger charge is 2.35. The molecule has 0 amide bonds. The fourth-order valence-corrected chi connectivity index (χ4v) is 1.77. The molecule has 0 N–H and O–H groups in total. The first kappa shape index (κ1) is 11.3. The first-order chi connectivity index (χ1) is 7.99. The maximum atomic E-state index is 11.3. The molecule has 2 rings (SSSR count). The number of carbonyl (C=O) groups is 2. The maximum absolute atomic E-state index is 11.3. The standard InChI is InChI=1S/C11H9NO5/c1-6-2-3-7(4-9(6)12(15)16)8-5-10(13)17-11(8)14/h2-4,8H,5H2,1H3. The first-order valence-electron chi connectivity index (χ1n) is 4.98. The van der Waals surface area contributed by atoms with Gasteiger partial charge in [-0.25, -0.2) is 0 Å². The van der Waals surface area contributed by atoms with E-state index in [1.165, 1.54) is 6.07 Å². The minimum atomic E-state index is -0.721. The van der Waals surface area contributed by atoms with E-state index in [-0.39, 0.29) is 12.1 Å². The Kier molecular flexibility index (Phi) is 2.63. The highest BCUT2D eigenvalue weighted by atomic mass is 16.6. The van der Waals surface area contributed by atoms with Crippen molar-refractivity contribution in [1.29, 1.82) is 0 Å². The van der Waals surface area contributed by atoms with Crippen molar-refractivity contribution in [3.63, 3.8) is 0 Å². The summed E-state index contributed by atoms with van der Waals surface area (Å²) in [6, 6.07) is 4.48. The van der Waals surface area contributed by atoms with E-state index in [0.717, 1.165) is 0 Å². The van der Waals surface area contributed by atoms with Crippen molar-refractivity contribution >= 4 is 17.6 Å². The van der Waals surface area contributed by atoms with Gasteiger partial charge in [0.2, 0.25) is 0 Å². The van der Waals surface area contributed by atoms with E-state index in [9.17, 15) is 19.7 Å². The van der Waals surface area contributed by atoms with E-state index in [4.69, 9.17) is 0 Å². The van der Waals surface area contributed by atoms with Crippen LogP contribution in [-0.4, -0.2) is 16.9 Å². The molecule has 0 aromatic heterocycles. The van der Waals surface area contributed by atoms with Crippen molar-refractivity contribution < 1.29 is 19.2 Å². The predicted molar refractivity (Wildman–Crippen MR) is 56.3 cm³/mol. The average molecular weight is 235 g/mol. The molecule has 1 aliphatic heterocycles. The molecule has 1 saturated heterocycles. The fraction of sp³-hybridized carbons (Fsp3) is 0.273. The number of nitro groups is 1. The van der Waals surface area contributed by atoms with Crippen LogP contribution < -0.4 is 0 Å². The summed E-state index contributed by atoms with van der Waals surface area (Å²) < 4.78 is 4.41. The van der Waals surface area contributed by atoms with Gasteiger partial charge in [0.05, 0.1) is 17.3 Å². The zero-order valence-electron chi connectivity index (χ0n) is 9.00. The molecule has 0 saturated carbocycles. The third kappa shape index (κ3) is 2.01. The van der Waals surface area contributed by atoms with Gasteiger partial charge >= 0.3 is 11.9 Å². The molecule has 0 spiro atoms. The molecule has 0 bridgehead atoms. The van der Waals surface area contributed by atoms with Crippen LogP contribution in [0.15, 0.2) is 18.2 Å². The summed E-state index contributed by atoms with van der Waals surface area (Å²) >= 11 is 0. The van der Waals surface area contributed by atoms with Crippen LogP contribution in [0.4, 0.5) is 5.69 Å². The predicted octanol–water partition coefficient (Wildman–Crippen LogP) is 1.46. The SMILES string of the molecule is Cc1ccc(C2CC(=O)OC2=O)cc1[N+](=O)[O-]. The lowest BCUT2D eigenvalue weighted by molar-refractivity contribution is -0.385. The number of hydrogen-bond acceptors (Lipinski definition) is 5. The van der Waals surface area contributed by atoms with Gasteiger partial charge < -0.3 is 4.74 Å². The van der Waals surface area contributed by atoms with Crippen LogP contribution >= 0.6 is 0 Å². The van der Waals surface area contributed by atoms with Crippen molar-refractivity contribution in [2.24, 2.45) is 0 Å². The van der Waals surface area contributed by atoms with Gasteiger partial charge in [-0.05, 0) is 12.5 Å². The van der Waals surface area contributed by atoms with Crippen molar-refractivity contribution in [2.45, 2.75) is 19.3 Å². The van der Waals surface area contributed by atoms with Crippen LogP contribution in [0.2, 0.25) is 0 Å². The molecule has 1 aromatic carbocycles. The second-order valence-corrected chi connectivity index (χ2v) is 3.85. The molecule has 1 aromatic rings. The van der Waals surface area contributed by atoms with Crippen LogP contribution in [0.25, 0.3) is 0 Å². The molecule has 6 heteroatoms. The number of carbonyl (C=O) groups excluding carboxylic acids is 2. The molecule has 1 aliphatic rings. The number of aryl methyl sites for hydroxylation is 1. The Bertz CT molecular complexity index is 523. The minimum Gasteiger partial charge on any atom is -0.393 e. The van der Waals surface area contributed by atoms with Crippen molar-refractivity contribution in [2.75, 3.05) is 0 Å². The Balaban J connectivity index is 2.40. The van der Waals surface area contributed by atoms with Gasteiger partial charge in [-0.2, -0.15) is 0 Å². The number of hydrogen-bond donors (Lipinski definition) is 0. The second-order valence-electron chi connectivity index (χ2n) is 3.85. The van der Waals surface area contributed by atoms with E-state index < -0.39 is 22.8 Å². The maximum Gasteiger partial charge on any atom is 0.321 e. The van der Waals surface area contributed by atoms with Gasteiger partial charge in [-0.1, -0.05) is 12.1 Å². The highest BCUT2D eigenvalue weighted by molar-refractivity contribution is 5.97. The van der Waals surface area contributed by atoms with Gasteiger partial charge in [-0.15, -0.1) is 0 Å². The Hall–Kier alpha value is -2.24. The topological polar surface area (TPSA) is 86.5 Å². The normalized spacial score (nSPS) is 19.2. The monoisotopic (exact) mass is 235 g/mol. The molecule has 1 heterocycles. The van der Waals surface area contributed by atoms with Crippen molar-refractivity contribution in [3.8, 4) is 0 Å². The van der Waals surface area contributed by atoms with Gasteiger partial charge in [0.25, 0.3) is 5.69 Å². The second kappa shape index (κ2) is 3.97. The Morgan fingerprint density at radius 2 is 2.12 bits per heavy atom. The van der Waals surface area contributed by atoms with Crippen LogP contribution in [-0.2, 0) is 14.3 Å². The molecular weight excluding hydrogens is 226 g/mol. The van der Waals surface area contributed by atoms with E-state index in [1.807, 2.05) is 0 Å². The Labute approximate surface area is 96.3 Å². The van der Waals surface area contributed by atoms with E-state index in [1.54, 1.807) is 19.1 Å². The zero-order valence-corrected chi connectivity index (χ0v) is 9.00. The first-order valence-corrected chi connectivity index (χ1v) is 4.98. The number of rotatable bonds is 2. The van der Waals surface area contributed by atoms with Crippen LogP contribution in [0.3, 0.4) is 0 Å². The molecule has 1 fully saturated rings. The third-order valence-corrected chi connectivity index (χ3v) is 2.70. The lowest BCUT2D eigenvalue weighted by atomic mass is 9.96. The molecular formula is C11H9NO5. The van der Waals surface area contributed by atoms with Gasteiger partial charge in [0.15, 0.2) is 0 Å². The van der Waals surface area contributed by atoms with Gasteiger partial charge in [0.1, 0.15) is 0 Å². The fourth-order valence-electron chi connectivity index (χ4n) is 1.77. The summed E-state index contributed by atoms with van der Waals surface area (Å²) in [7, 11) is 0. The summed E-state index contributed by atoms with van der Waals surface area (Å²) in [5.74, 6) is -1.96. The Morgan fingerprint density at radius 3 is 2.65 bits per heavy atom. The average Bonchev–Trinajstić information content (AvgIpc) is 2.58. The molecule has 0 aliphatic carbocycles. The molecule has 0 radical (unpaired) electrons. The van der Waals surface area contributed by atoms with Gasteiger partial charge in [0, 0.05) is 11.6 Å². The number of esters is 2. The number of cyclic esters (lactones) is 2. The summed E-state index contributed by atoms with van der Waals surface area (Å²) in [4.78, 5) is 32.5. The van der Waals surface area contributed by atoms with E-state index in [0.29, 0.717) is 11.1 Å². The van der Waals surface area contributed by atoms with Crippen molar-refractivity contribution in [1.82, 2.24) is 0 Å². The molecule has 6 nitrogen and oxygen atoms in total. The lowest BCUT2D eigenvalue weighted by Crippen LogP contribution is -2.06. The molecule has 1 atom stereocenters. The quantitative estimate of drug-likeness (QED) is 0.335. The van der Waals surface area contributed by atoms with Crippen LogP contribution in [0.5, 0.6) is 0 Å². The number of nitrogens with zero attached hydrogens (tertiary/aromatic N) is 1. The van der Waals surface area contributed by atoms with Crippen LogP contribution in [0.1, 0.15) is 23.5 Å². The Morgan fingerprint density at radius 1 is 1.41 bits per heavy atom. The number of nitro benzene ring substituents is 1. The van der Waals surface area contributed by atoms with E-state index >= 15 is 0 Å². The molecule has 1 unspecified atom stereocenters. The summed E-state index contributed by atoms with van der Waals surface area (Å²) in [6.45, 7) is 1.61. The number of benzene rings is 1. The third-order valence-electron chi connectivity index (χ3n) is 2.70. The largest absolute Gasteiger partial charge is 0.393 e. The molecule has 88 valence electrons. The van der Waals surface area contributed by atoms with E-state index in [2.05, 4.69) is 4.74 Å². The zero-order chi connectivity index (χ0) is 12.6. The van der Waals surface area contributed by atoms with Crippen molar-refractivity contribution in [3.05, 3.63) is 39.4 Å². The summed E-state index contributed by atoms with van der Waals surface area (Å²) in [6.07, 6.45) is -0.0565. The van der Waals surface area contributed by atoms with Crippen LogP contribution in [0, 0.1) is 17.0 Å². The highest BCUT2D eigenvalue weighted by Crippen LogP contribution is 2.30. The summed E-state index contributed by atoms with van der Waals surface area (Å²) in [5, 5.41) is 10.8. The number of ether oxygens (including phenoxy) is 1. The molecule has 17 heavy (non-hydrogen) atoms. The summed E-state index contributed by atoms with van der Waals surface area (Å²) in [5.41, 5.74) is 0.893. The van der Waals surface area contributed by atoms with Gasteiger partial charge in [-0.3, -0.25) is 19.7 Å². The lowest BCUT2D eigenvalue weighted by Gasteiger charge is -2.05.